The molecule has 0 radical (unpaired) electrons. The van der Waals surface area contributed by atoms with Crippen molar-refractivity contribution in [2.45, 2.75) is 26.4 Å². The second kappa shape index (κ2) is 5.15. The summed E-state index contributed by atoms with van der Waals surface area (Å²) < 4.78 is 0. The quantitative estimate of drug-likeness (QED) is 0.847. The molecule has 0 aromatic heterocycles. The lowest BCUT2D eigenvalue weighted by atomic mass is 9.99. The summed E-state index contributed by atoms with van der Waals surface area (Å²) in [7, 11) is 0. The van der Waals surface area contributed by atoms with Crippen LogP contribution in [0.25, 0.3) is 0 Å². The van der Waals surface area contributed by atoms with Gasteiger partial charge in [0, 0.05) is 0 Å². The van der Waals surface area contributed by atoms with Gasteiger partial charge >= 0.3 is 0 Å². The molecule has 1 nitrogen and oxygen atoms in total. The van der Waals surface area contributed by atoms with Gasteiger partial charge < -0.3 is 5.11 Å². The zero-order valence-electron chi connectivity index (χ0n) is 10.4. The SMILES string of the molecule is CCc1ccc([C@@H](O)c2ccc(C)cc2)cc1. The largest absolute Gasteiger partial charge is 0.384 e. The molecular formula is C16H18O. The van der Waals surface area contributed by atoms with Crippen molar-refractivity contribution in [1.82, 2.24) is 0 Å². The van der Waals surface area contributed by atoms with Gasteiger partial charge in [-0.15, -0.1) is 0 Å². The van der Waals surface area contributed by atoms with Gasteiger partial charge in [0.2, 0.25) is 0 Å². The molecule has 0 aliphatic heterocycles. The summed E-state index contributed by atoms with van der Waals surface area (Å²) in [5.41, 5.74) is 4.40. The molecule has 0 aliphatic carbocycles. The van der Waals surface area contributed by atoms with Crippen LogP contribution in [-0.4, -0.2) is 5.11 Å². The van der Waals surface area contributed by atoms with Crippen molar-refractivity contribution in [1.29, 1.82) is 0 Å². The van der Waals surface area contributed by atoms with Crippen molar-refractivity contribution >= 4 is 0 Å². The Hall–Kier alpha value is -1.60. The predicted octanol–water partition coefficient (Wildman–Crippen LogP) is 3.64. The smallest absolute Gasteiger partial charge is 0.104 e. The zero-order chi connectivity index (χ0) is 12.3. The number of rotatable bonds is 3. The standard InChI is InChI=1S/C16H18O/c1-3-13-6-10-15(11-7-13)16(17)14-8-4-12(2)5-9-14/h4-11,16-17H,3H2,1-2H3/t16-/m0/s1. The third-order valence-corrected chi connectivity index (χ3v) is 3.10. The van der Waals surface area contributed by atoms with Crippen LogP contribution in [-0.2, 0) is 6.42 Å². The number of benzene rings is 2. The van der Waals surface area contributed by atoms with Crippen LogP contribution >= 0.6 is 0 Å². The monoisotopic (exact) mass is 226 g/mol. The van der Waals surface area contributed by atoms with E-state index in [1.165, 1.54) is 11.1 Å². The summed E-state index contributed by atoms with van der Waals surface area (Å²) in [6, 6.07) is 16.2. The van der Waals surface area contributed by atoms with Crippen molar-refractivity contribution in [3.63, 3.8) is 0 Å². The van der Waals surface area contributed by atoms with E-state index in [1.54, 1.807) is 0 Å². The fourth-order valence-corrected chi connectivity index (χ4v) is 1.88. The van der Waals surface area contributed by atoms with Crippen LogP contribution in [0.15, 0.2) is 48.5 Å². The Bertz CT molecular complexity index is 468. The maximum absolute atomic E-state index is 10.2. The minimum absolute atomic E-state index is 0.526. The summed E-state index contributed by atoms with van der Waals surface area (Å²) in [6.07, 6.45) is 0.502. The number of aliphatic hydroxyl groups is 1. The van der Waals surface area contributed by atoms with Crippen molar-refractivity contribution in [3.8, 4) is 0 Å². The third kappa shape index (κ3) is 2.75. The van der Waals surface area contributed by atoms with Gasteiger partial charge in [-0.25, -0.2) is 0 Å². The molecular weight excluding hydrogens is 208 g/mol. The Labute approximate surface area is 103 Å². The van der Waals surface area contributed by atoms with Gasteiger partial charge in [-0.1, -0.05) is 61.0 Å². The second-order valence-electron chi connectivity index (χ2n) is 4.41. The summed E-state index contributed by atoms with van der Waals surface area (Å²) in [4.78, 5) is 0. The van der Waals surface area contributed by atoms with Crippen molar-refractivity contribution in [2.75, 3.05) is 0 Å². The lowest BCUT2D eigenvalue weighted by Gasteiger charge is -2.12. The summed E-state index contributed by atoms with van der Waals surface area (Å²) in [6.45, 7) is 4.18. The molecule has 0 heterocycles. The van der Waals surface area contributed by atoms with Crippen molar-refractivity contribution in [3.05, 3.63) is 70.8 Å². The Morgan fingerprint density at radius 2 is 1.35 bits per heavy atom. The minimum Gasteiger partial charge on any atom is -0.384 e. The van der Waals surface area contributed by atoms with Crippen LogP contribution in [0.2, 0.25) is 0 Å². The molecule has 0 aliphatic rings. The first kappa shape index (κ1) is 11.9. The molecule has 1 heteroatoms. The molecule has 1 N–H and O–H groups in total. The van der Waals surface area contributed by atoms with Gasteiger partial charge in [0.1, 0.15) is 6.10 Å². The average Bonchev–Trinajstić information content (AvgIpc) is 2.39. The van der Waals surface area contributed by atoms with Crippen LogP contribution < -0.4 is 0 Å². The van der Waals surface area contributed by atoms with E-state index in [9.17, 15) is 5.11 Å². The lowest BCUT2D eigenvalue weighted by Crippen LogP contribution is -1.99. The first-order chi connectivity index (χ1) is 8.20. The van der Waals surface area contributed by atoms with Gasteiger partial charge in [0.05, 0.1) is 0 Å². The lowest BCUT2D eigenvalue weighted by molar-refractivity contribution is 0.220. The Kier molecular flexibility index (Phi) is 3.60. The fraction of sp³-hybridized carbons (Fsp3) is 0.250. The molecule has 0 fully saturated rings. The van der Waals surface area contributed by atoms with Gasteiger partial charge in [-0.3, -0.25) is 0 Å². The molecule has 2 aromatic carbocycles. The molecule has 0 unspecified atom stereocenters. The van der Waals surface area contributed by atoms with Crippen LogP contribution in [0, 0.1) is 6.92 Å². The maximum Gasteiger partial charge on any atom is 0.104 e. The highest BCUT2D eigenvalue weighted by atomic mass is 16.3. The van der Waals surface area contributed by atoms with Crippen molar-refractivity contribution < 1.29 is 5.11 Å². The first-order valence-corrected chi connectivity index (χ1v) is 6.04. The van der Waals surface area contributed by atoms with Gasteiger partial charge in [-0.05, 0) is 30.0 Å². The Morgan fingerprint density at radius 1 is 0.882 bits per heavy atom. The van der Waals surface area contributed by atoms with Crippen LogP contribution in [0.5, 0.6) is 0 Å². The molecule has 0 amide bonds. The van der Waals surface area contributed by atoms with Crippen LogP contribution in [0.3, 0.4) is 0 Å². The van der Waals surface area contributed by atoms with Crippen LogP contribution in [0.4, 0.5) is 0 Å². The summed E-state index contributed by atoms with van der Waals surface area (Å²) in [5.74, 6) is 0. The normalized spacial score (nSPS) is 12.4. The van der Waals surface area contributed by atoms with E-state index in [4.69, 9.17) is 0 Å². The van der Waals surface area contributed by atoms with E-state index in [-0.39, 0.29) is 0 Å². The molecule has 0 spiro atoms. The van der Waals surface area contributed by atoms with E-state index in [0.717, 1.165) is 17.5 Å². The van der Waals surface area contributed by atoms with E-state index >= 15 is 0 Å². The van der Waals surface area contributed by atoms with E-state index in [0.29, 0.717) is 0 Å². The van der Waals surface area contributed by atoms with Crippen LogP contribution in [0.1, 0.15) is 35.3 Å². The van der Waals surface area contributed by atoms with Gasteiger partial charge in [0.15, 0.2) is 0 Å². The molecule has 0 bridgehead atoms. The number of aryl methyl sites for hydroxylation is 2. The molecule has 2 rings (SSSR count). The molecule has 0 saturated heterocycles. The van der Waals surface area contributed by atoms with E-state index < -0.39 is 6.10 Å². The Balaban J connectivity index is 2.23. The highest BCUT2D eigenvalue weighted by Gasteiger charge is 2.09. The van der Waals surface area contributed by atoms with E-state index in [2.05, 4.69) is 19.1 Å². The molecule has 1 atom stereocenters. The van der Waals surface area contributed by atoms with E-state index in [1.807, 2.05) is 43.3 Å². The first-order valence-electron chi connectivity index (χ1n) is 6.04. The Morgan fingerprint density at radius 3 is 1.82 bits per heavy atom. The third-order valence-electron chi connectivity index (χ3n) is 3.10. The van der Waals surface area contributed by atoms with Gasteiger partial charge in [0.25, 0.3) is 0 Å². The second-order valence-corrected chi connectivity index (χ2v) is 4.41. The number of hydrogen-bond donors (Lipinski definition) is 1. The maximum atomic E-state index is 10.2. The highest BCUT2D eigenvalue weighted by Crippen LogP contribution is 2.22. The molecule has 0 saturated carbocycles. The molecule has 2 aromatic rings. The summed E-state index contributed by atoms with van der Waals surface area (Å²) >= 11 is 0. The van der Waals surface area contributed by atoms with Crippen molar-refractivity contribution in [2.24, 2.45) is 0 Å². The number of aliphatic hydroxyl groups excluding tert-OH is 1. The summed E-state index contributed by atoms with van der Waals surface area (Å²) in [5, 5.41) is 10.2. The highest BCUT2D eigenvalue weighted by molar-refractivity contribution is 5.33. The minimum atomic E-state index is -0.526. The topological polar surface area (TPSA) is 20.2 Å². The molecule has 88 valence electrons. The fourth-order valence-electron chi connectivity index (χ4n) is 1.88. The predicted molar refractivity (Wildman–Crippen MR) is 71.1 cm³/mol. The average molecular weight is 226 g/mol. The zero-order valence-corrected chi connectivity index (χ0v) is 10.4. The molecule has 17 heavy (non-hydrogen) atoms. The number of hydrogen-bond acceptors (Lipinski definition) is 1. The van der Waals surface area contributed by atoms with Gasteiger partial charge in [-0.2, -0.15) is 0 Å².